The van der Waals surface area contributed by atoms with E-state index in [0.29, 0.717) is 25.6 Å². The van der Waals surface area contributed by atoms with Crippen LogP contribution in [0.4, 0.5) is 0 Å². The molecule has 0 saturated carbocycles. The van der Waals surface area contributed by atoms with Crippen LogP contribution in [0.15, 0.2) is 4.99 Å². The summed E-state index contributed by atoms with van der Waals surface area (Å²) in [6, 6.07) is 0. The van der Waals surface area contributed by atoms with Crippen LogP contribution in [0.5, 0.6) is 0 Å². The monoisotopic (exact) mass is 434 g/mol. The molecule has 2 aliphatic rings. The molecule has 2 N–H and O–H groups in total. The Kier molecular flexibility index (Phi) is 7.91. The number of thioether (sulfide) groups is 1. The van der Waals surface area contributed by atoms with Crippen molar-refractivity contribution in [3.05, 3.63) is 0 Å². The second kappa shape index (κ2) is 8.64. The van der Waals surface area contributed by atoms with Crippen LogP contribution in [-0.4, -0.2) is 86.5 Å². The molecular weight excluding hydrogens is 411 g/mol. The van der Waals surface area contributed by atoms with Gasteiger partial charge >= 0.3 is 0 Å². The summed E-state index contributed by atoms with van der Waals surface area (Å²) in [4.78, 5) is 8.66. The first-order chi connectivity index (χ1) is 9.07. The van der Waals surface area contributed by atoms with Crippen LogP contribution < -0.4 is 5.73 Å². The van der Waals surface area contributed by atoms with Gasteiger partial charge in [0.15, 0.2) is 15.8 Å². The van der Waals surface area contributed by atoms with Gasteiger partial charge in [-0.25, -0.2) is 8.42 Å². The molecule has 9 heteroatoms. The molecule has 0 aromatic heterocycles. The molecule has 0 aromatic carbocycles. The van der Waals surface area contributed by atoms with Gasteiger partial charge in [0.25, 0.3) is 0 Å². The Morgan fingerprint density at radius 1 is 1.15 bits per heavy atom. The minimum Gasteiger partial charge on any atom is -0.370 e. The Hall–Kier alpha value is 0.260. The SMILES string of the molecule is I.NC(=NCCN1CCS(=O)(=O)CC1)N1CCSCC1. The molecule has 0 atom stereocenters. The maximum Gasteiger partial charge on any atom is 0.191 e. The van der Waals surface area contributed by atoms with Crippen molar-refractivity contribution in [3.63, 3.8) is 0 Å². The van der Waals surface area contributed by atoms with Crippen molar-refractivity contribution in [2.75, 3.05) is 62.3 Å². The number of guanidine groups is 1. The minimum absolute atomic E-state index is 0. The first-order valence-electron chi connectivity index (χ1n) is 6.62. The third-order valence-electron chi connectivity index (χ3n) is 3.46. The predicted molar refractivity (Wildman–Crippen MR) is 95.9 cm³/mol. The van der Waals surface area contributed by atoms with Gasteiger partial charge in [-0.1, -0.05) is 0 Å². The van der Waals surface area contributed by atoms with E-state index in [1.54, 1.807) is 0 Å². The molecule has 6 nitrogen and oxygen atoms in total. The normalized spacial score (nSPS) is 24.2. The second-order valence-corrected chi connectivity index (χ2v) is 8.36. The zero-order chi connectivity index (χ0) is 13.7. The van der Waals surface area contributed by atoms with Gasteiger partial charge in [-0.2, -0.15) is 11.8 Å². The first kappa shape index (κ1) is 18.3. The van der Waals surface area contributed by atoms with Gasteiger partial charge in [-0.05, 0) is 0 Å². The van der Waals surface area contributed by atoms with E-state index < -0.39 is 9.84 Å². The van der Waals surface area contributed by atoms with E-state index in [2.05, 4.69) is 14.8 Å². The topological polar surface area (TPSA) is 79.0 Å². The molecule has 2 aliphatic heterocycles. The molecule has 2 saturated heterocycles. The summed E-state index contributed by atoms with van der Waals surface area (Å²) in [7, 11) is -2.79. The molecule has 0 spiro atoms. The summed E-state index contributed by atoms with van der Waals surface area (Å²) in [5, 5.41) is 0. The second-order valence-electron chi connectivity index (χ2n) is 4.83. The van der Waals surface area contributed by atoms with Crippen LogP contribution in [0.3, 0.4) is 0 Å². The fraction of sp³-hybridized carbons (Fsp3) is 0.909. The van der Waals surface area contributed by atoms with Gasteiger partial charge in [0.05, 0.1) is 18.1 Å². The molecule has 0 aromatic rings. The van der Waals surface area contributed by atoms with Crippen molar-refractivity contribution in [3.8, 4) is 0 Å². The van der Waals surface area contributed by atoms with Crippen molar-refractivity contribution < 1.29 is 8.42 Å². The Labute approximate surface area is 142 Å². The molecule has 118 valence electrons. The van der Waals surface area contributed by atoms with Crippen molar-refractivity contribution >= 4 is 51.5 Å². The number of nitrogens with two attached hydrogens (primary N) is 1. The molecular formula is C11H23IN4O2S2. The average molecular weight is 434 g/mol. The zero-order valence-electron chi connectivity index (χ0n) is 11.5. The largest absolute Gasteiger partial charge is 0.370 e. The maximum absolute atomic E-state index is 11.3. The standard InChI is InChI=1S/C11H22N4O2S2.HI/c12-11(15-3-7-18-8-4-15)13-1-2-14-5-9-19(16,17)10-6-14;/h1-10H2,(H2,12,13);1H. The number of nitrogens with zero attached hydrogens (tertiary/aromatic N) is 3. The number of hydrogen-bond acceptors (Lipinski definition) is 5. The predicted octanol–water partition coefficient (Wildman–Crippen LogP) is -0.302. The number of aliphatic imine (C=N–C) groups is 1. The Morgan fingerprint density at radius 2 is 1.75 bits per heavy atom. The van der Waals surface area contributed by atoms with Gasteiger partial charge in [0.1, 0.15) is 0 Å². The molecule has 20 heavy (non-hydrogen) atoms. The summed E-state index contributed by atoms with van der Waals surface area (Å²) < 4.78 is 22.6. The lowest BCUT2D eigenvalue weighted by Crippen LogP contribution is -2.44. The van der Waals surface area contributed by atoms with Crippen LogP contribution in [0.25, 0.3) is 0 Å². The minimum atomic E-state index is -2.79. The zero-order valence-corrected chi connectivity index (χ0v) is 15.5. The number of hydrogen-bond donors (Lipinski definition) is 1. The smallest absolute Gasteiger partial charge is 0.191 e. The quantitative estimate of drug-likeness (QED) is 0.373. The van der Waals surface area contributed by atoms with Crippen molar-refractivity contribution in [1.82, 2.24) is 9.80 Å². The van der Waals surface area contributed by atoms with Crippen molar-refractivity contribution in [2.24, 2.45) is 10.7 Å². The van der Waals surface area contributed by atoms with E-state index in [1.807, 2.05) is 11.8 Å². The van der Waals surface area contributed by atoms with Crippen molar-refractivity contribution in [2.45, 2.75) is 0 Å². The number of sulfone groups is 1. The van der Waals surface area contributed by atoms with E-state index >= 15 is 0 Å². The summed E-state index contributed by atoms with van der Waals surface area (Å²) in [6.07, 6.45) is 0. The van der Waals surface area contributed by atoms with E-state index in [1.165, 1.54) is 0 Å². The van der Waals surface area contributed by atoms with E-state index in [-0.39, 0.29) is 35.5 Å². The molecule has 0 bridgehead atoms. The third-order valence-corrected chi connectivity index (χ3v) is 6.01. The summed E-state index contributed by atoms with van der Waals surface area (Å²) in [6.45, 7) is 4.63. The van der Waals surface area contributed by atoms with Gasteiger partial charge in [-0.15, -0.1) is 24.0 Å². The first-order valence-corrected chi connectivity index (χ1v) is 9.60. The van der Waals surface area contributed by atoms with Crippen LogP contribution >= 0.6 is 35.7 Å². The van der Waals surface area contributed by atoms with Crippen LogP contribution in [-0.2, 0) is 9.84 Å². The highest BCUT2D eigenvalue weighted by Gasteiger charge is 2.21. The molecule has 2 fully saturated rings. The van der Waals surface area contributed by atoms with Crippen molar-refractivity contribution in [1.29, 1.82) is 0 Å². The number of rotatable bonds is 3. The highest BCUT2D eigenvalue weighted by molar-refractivity contribution is 14.0. The van der Waals surface area contributed by atoms with E-state index in [9.17, 15) is 8.42 Å². The van der Waals surface area contributed by atoms with Crippen LogP contribution in [0.2, 0.25) is 0 Å². The Morgan fingerprint density at radius 3 is 2.35 bits per heavy atom. The summed E-state index contributed by atoms with van der Waals surface area (Å²) >= 11 is 1.95. The lowest BCUT2D eigenvalue weighted by molar-refractivity contribution is 0.303. The van der Waals surface area contributed by atoms with Crippen LogP contribution in [0, 0.1) is 0 Å². The van der Waals surface area contributed by atoms with E-state index in [0.717, 1.165) is 31.1 Å². The lowest BCUT2D eigenvalue weighted by Gasteiger charge is -2.28. The highest BCUT2D eigenvalue weighted by Crippen LogP contribution is 2.08. The molecule has 0 amide bonds. The summed E-state index contributed by atoms with van der Waals surface area (Å²) in [5.41, 5.74) is 5.96. The number of halogens is 1. The Bertz CT molecular complexity index is 410. The molecule has 0 aliphatic carbocycles. The van der Waals surface area contributed by atoms with Gasteiger partial charge in [0, 0.05) is 44.2 Å². The molecule has 2 rings (SSSR count). The van der Waals surface area contributed by atoms with Gasteiger partial charge in [0.2, 0.25) is 0 Å². The molecule has 0 radical (unpaired) electrons. The fourth-order valence-corrected chi connectivity index (χ4v) is 4.35. The summed E-state index contributed by atoms with van der Waals surface area (Å²) in [5.74, 6) is 3.40. The maximum atomic E-state index is 11.3. The average Bonchev–Trinajstić information content (AvgIpc) is 2.41. The Balaban J connectivity index is 0.00000200. The van der Waals surface area contributed by atoms with E-state index in [4.69, 9.17) is 5.73 Å². The van der Waals surface area contributed by atoms with Gasteiger partial charge < -0.3 is 10.6 Å². The third kappa shape index (κ3) is 5.94. The highest BCUT2D eigenvalue weighted by atomic mass is 127. The molecule has 0 unspecified atom stereocenters. The van der Waals surface area contributed by atoms with Crippen LogP contribution in [0.1, 0.15) is 0 Å². The lowest BCUT2D eigenvalue weighted by atomic mass is 10.4. The van der Waals surface area contributed by atoms with Gasteiger partial charge in [-0.3, -0.25) is 9.89 Å². The molecule has 2 heterocycles. The fourth-order valence-electron chi connectivity index (χ4n) is 2.17.